The van der Waals surface area contributed by atoms with Gasteiger partial charge in [0.15, 0.2) is 0 Å². The molecule has 2 aromatic heterocycles. The lowest BCUT2D eigenvalue weighted by molar-refractivity contribution is 0.102. The Hall–Kier alpha value is -4.11. The van der Waals surface area contributed by atoms with Gasteiger partial charge in [-0.3, -0.25) is 19.5 Å². The molecule has 1 aliphatic heterocycles. The molecule has 0 aliphatic carbocycles. The minimum atomic E-state index is -3.71. The molecule has 0 fully saturated rings. The molecule has 0 bridgehead atoms. The second-order valence-corrected chi connectivity index (χ2v) is 9.51. The van der Waals surface area contributed by atoms with Crippen LogP contribution in [-0.2, 0) is 10.0 Å². The number of hydrogen-bond donors (Lipinski definition) is 2. The quantitative estimate of drug-likeness (QED) is 0.456. The van der Waals surface area contributed by atoms with E-state index in [0.29, 0.717) is 46.6 Å². The molecule has 34 heavy (non-hydrogen) atoms. The van der Waals surface area contributed by atoms with Gasteiger partial charge in [0.2, 0.25) is 0 Å². The lowest BCUT2D eigenvalue weighted by atomic mass is 10.0. The van der Waals surface area contributed by atoms with Gasteiger partial charge in [-0.05, 0) is 55.0 Å². The lowest BCUT2D eigenvalue weighted by Gasteiger charge is -2.11. The molecular formula is C25H21N5O3S. The number of amides is 1. The smallest absolute Gasteiger partial charge is 0.262 e. The Kier molecular flexibility index (Phi) is 5.77. The highest BCUT2D eigenvalue weighted by molar-refractivity contribution is 7.90. The van der Waals surface area contributed by atoms with Crippen molar-refractivity contribution in [1.82, 2.24) is 14.7 Å². The zero-order valence-corrected chi connectivity index (χ0v) is 18.9. The molecule has 0 unspecified atom stereocenters. The van der Waals surface area contributed by atoms with E-state index in [1.54, 1.807) is 30.6 Å². The molecule has 0 saturated heterocycles. The summed E-state index contributed by atoms with van der Waals surface area (Å²) < 4.78 is 27.7. The Labute approximate surface area is 196 Å². The number of nitrogens with one attached hydrogen (secondary N) is 2. The van der Waals surface area contributed by atoms with Crippen LogP contribution in [0.1, 0.15) is 23.2 Å². The molecule has 5 rings (SSSR count). The Balaban J connectivity index is 1.41. The molecule has 2 N–H and O–H groups in total. The highest BCUT2D eigenvalue weighted by Crippen LogP contribution is 2.25. The molecule has 8 nitrogen and oxygen atoms in total. The van der Waals surface area contributed by atoms with E-state index in [1.165, 1.54) is 12.1 Å². The fourth-order valence-corrected chi connectivity index (χ4v) is 4.87. The number of nitrogens with zero attached hydrogens (tertiary/aromatic N) is 3. The van der Waals surface area contributed by atoms with Gasteiger partial charge in [0, 0.05) is 42.0 Å². The standard InChI is InChI=1S/C25H21N5O3S/c31-25(28-18-9-11-19(12-10-18)34(32,33)30-24-8-4-14-27-24)21-15-23(17-5-3-13-26-16-17)29-22-7-2-1-6-20(21)22/h1-3,5-7,9-13,15-16H,4,8,14H2,(H,27,30)(H,28,31). The van der Waals surface area contributed by atoms with Crippen molar-refractivity contribution in [3.63, 3.8) is 0 Å². The van der Waals surface area contributed by atoms with Crippen molar-refractivity contribution in [2.45, 2.75) is 17.7 Å². The van der Waals surface area contributed by atoms with Gasteiger partial charge >= 0.3 is 0 Å². The highest BCUT2D eigenvalue weighted by atomic mass is 32.2. The fraction of sp³-hybridized carbons (Fsp3) is 0.120. The van der Waals surface area contributed by atoms with Crippen molar-refractivity contribution in [1.29, 1.82) is 0 Å². The summed E-state index contributed by atoms with van der Waals surface area (Å²) in [6.07, 6.45) is 4.84. The summed E-state index contributed by atoms with van der Waals surface area (Å²) in [4.78, 5) is 26.3. The van der Waals surface area contributed by atoms with Crippen LogP contribution >= 0.6 is 0 Å². The normalized spacial score (nSPS) is 13.5. The summed E-state index contributed by atoms with van der Waals surface area (Å²) in [6.45, 7) is 0.634. The van der Waals surface area contributed by atoms with Gasteiger partial charge < -0.3 is 5.32 Å². The van der Waals surface area contributed by atoms with Crippen molar-refractivity contribution in [2.75, 3.05) is 11.9 Å². The van der Waals surface area contributed by atoms with E-state index < -0.39 is 10.0 Å². The van der Waals surface area contributed by atoms with Crippen LogP contribution in [0.2, 0.25) is 0 Å². The van der Waals surface area contributed by atoms with Crippen LogP contribution < -0.4 is 10.0 Å². The van der Waals surface area contributed by atoms with Crippen molar-refractivity contribution in [3.05, 3.63) is 84.7 Å². The number of rotatable bonds is 5. The number of amidine groups is 1. The minimum Gasteiger partial charge on any atom is -0.322 e. The largest absolute Gasteiger partial charge is 0.322 e. The molecule has 4 aromatic rings. The number of sulfonamides is 1. The van der Waals surface area contributed by atoms with Crippen molar-refractivity contribution in [3.8, 4) is 11.3 Å². The van der Waals surface area contributed by atoms with Crippen LogP contribution in [0, 0.1) is 0 Å². The lowest BCUT2D eigenvalue weighted by Crippen LogP contribution is -2.29. The third-order valence-electron chi connectivity index (χ3n) is 5.47. The summed E-state index contributed by atoms with van der Waals surface area (Å²) in [5.41, 5.74) is 3.07. The first kappa shape index (κ1) is 21.7. The first-order valence-corrected chi connectivity index (χ1v) is 12.3. The first-order valence-electron chi connectivity index (χ1n) is 10.8. The third-order valence-corrected chi connectivity index (χ3v) is 6.86. The maximum Gasteiger partial charge on any atom is 0.262 e. The molecular weight excluding hydrogens is 450 g/mol. The number of carbonyl (C=O) groups excluding carboxylic acids is 1. The maximum atomic E-state index is 13.2. The number of fused-ring (bicyclic) bond motifs is 1. The summed E-state index contributed by atoms with van der Waals surface area (Å²) in [6, 6.07) is 18.9. The minimum absolute atomic E-state index is 0.105. The topological polar surface area (TPSA) is 113 Å². The number of pyridine rings is 2. The molecule has 2 aromatic carbocycles. The van der Waals surface area contributed by atoms with Crippen LogP contribution in [0.4, 0.5) is 5.69 Å². The summed E-state index contributed by atoms with van der Waals surface area (Å²) in [5.74, 6) is 0.157. The van der Waals surface area contributed by atoms with Crippen LogP contribution in [-0.4, -0.2) is 36.7 Å². The number of benzene rings is 2. The highest BCUT2D eigenvalue weighted by Gasteiger charge is 2.19. The van der Waals surface area contributed by atoms with E-state index in [4.69, 9.17) is 0 Å². The van der Waals surface area contributed by atoms with Crippen molar-refractivity contribution >= 4 is 38.4 Å². The average Bonchev–Trinajstić information content (AvgIpc) is 3.36. The zero-order valence-electron chi connectivity index (χ0n) is 18.1. The van der Waals surface area contributed by atoms with Crippen LogP contribution in [0.3, 0.4) is 0 Å². The maximum absolute atomic E-state index is 13.2. The van der Waals surface area contributed by atoms with Gasteiger partial charge in [0.1, 0.15) is 5.84 Å². The van der Waals surface area contributed by atoms with Crippen LogP contribution in [0.5, 0.6) is 0 Å². The van der Waals surface area contributed by atoms with Gasteiger partial charge in [-0.15, -0.1) is 0 Å². The number of hydrogen-bond acceptors (Lipinski definition) is 6. The van der Waals surface area contributed by atoms with Gasteiger partial charge in [0.05, 0.1) is 21.7 Å². The second-order valence-electron chi connectivity index (χ2n) is 7.83. The number of aliphatic imine (C=N–C) groups is 1. The van der Waals surface area contributed by atoms with E-state index in [9.17, 15) is 13.2 Å². The Morgan fingerprint density at radius 1 is 0.971 bits per heavy atom. The molecule has 1 aliphatic rings. The van der Waals surface area contributed by atoms with Gasteiger partial charge in [-0.25, -0.2) is 13.4 Å². The Bertz CT molecular complexity index is 1500. The molecule has 0 saturated carbocycles. The van der Waals surface area contributed by atoms with E-state index in [1.807, 2.05) is 36.4 Å². The molecule has 0 atom stereocenters. The number of carbonyl (C=O) groups is 1. The predicted molar refractivity (Wildman–Crippen MR) is 131 cm³/mol. The molecule has 0 spiro atoms. The number of para-hydroxylation sites is 1. The molecule has 3 heterocycles. The first-order chi connectivity index (χ1) is 16.5. The molecule has 170 valence electrons. The van der Waals surface area contributed by atoms with Crippen LogP contribution in [0.15, 0.2) is 89.0 Å². The summed E-state index contributed by atoms with van der Waals surface area (Å²) in [7, 11) is -3.71. The molecule has 0 radical (unpaired) electrons. The SMILES string of the molecule is O=C(Nc1ccc(S(=O)(=O)NC2=NCCC2)cc1)c1cc(-c2cccnc2)nc2ccccc12. The van der Waals surface area contributed by atoms with Gasteiger partial charge in [0.25, 0.3) is 15.9 Å². The monoisotopic (exact) mass is 471 g/mol. The molecule has 9 heteroatoms. The summed E-state index contributed by atoms with van der Waals surface area (Å²) in [5, 5.41) is 3.58. The predicted octanol–water partition coefficient (Wildman–Crippen LogP) is 4.02. The molecule has 1 amide bonds. The Morgan fingerprint density at radius 3 is 2.53 bits per heavy atom. The third kappa shape index (κ3) is 4.51. The van der Waals surface area contributed by atoms with Crippen LogP contribution in [0.25, 0.3) is 22.2 Å². The van der Waals surface area contributed by atoms with E-state index in [-0.39, 0.29) is 10.8 Å². The summed E-state index contributed by atoms with van der Waals surface area (Å²) >= 11 is 0. The fourth-order valence-electron chi connectivity index (χ4n) is 3.78. The van der Waals surface area contributed by atoms with E-state index in [0.717, 1.165) is 12.0 Å². The number of anilines is 1. The van der Waals surface area contributed by atoms with Gasteiger partial charge in [-0.2, -0.15) is 0 Å². The Morgan fingerprint density at radius 2 is 1.79 bits per heavy atom. The van der Waals surface area contributed by atoms with Gasteiger partial charge in [-0.1, -0.05) is 18.2 Å². The van der Waals surface area contributed by atoms with E-state index >= 15 is 0 Å². The average molecular weight is 472 g/mol. The number of aromatic nitrogens is 2. The van der Waals surface area contributed by atoms with Crippen molar-refractivity contribution in [2.24, 2.45) is 4.99 Å². The zero-order chi connectivity index (χ0) is 23.5. The second kappa shape index (κ2) is 9.03. The van der Waals surface area contributed by atoms with Crippen molar-refractivity contribution < 1.29 is 13.2 Å². The van der Waals surface area contributed by atoms with E-state index in [2.05, 4.69) is 25.0 Å².